The third-order valence-electron chi connectivity index (χ3n) is 1.18. The van der Waals surface area contributed by atoms with Gasteiger partial charge in [0.05, 0.1) is 19.3 Å². The summed E-state index contributed by atoms with van der Waals surface area (Å²) in [6.07, 6.45) is -0.428. The van der Waals surface area contributed by atoms with Crippen LogP contribution in [-0.2, 0) is 18.1 Å². The monoisotopic (exact) mass is 298 g/mol. The van der Waals surface area contributed by atoms with E-state index in [-0.39, 0.29) is 30.9 Å². The number of hydrogen-bond acceptors (Lipinski definition) is 4. The summed E-state index contributed by atoms with van der Waals surface area (Å²) in [4.78, 5) is 0. The molecule has 1 atom stereocenters. The fraction of sp³-hybridized carbons (Fsp3) is 1.00. The molecule has 4 nitrogen and oxygen atoms in total. The summed E-state index contributed by atoms with van der Waals surface area (Å²) in [5.74, 6) is 0.595. The second kappa shape index (κ2) is 9.06. The molecule has 0 heterocycles. The van der Waals surface area contributed by atoms with Crippen molar-refractivity contribution in [1.29, 1.82) is 0 Å². The molecule has 0 aliphatic rings. The van der Waals surface area contributed by atoms with Crippen LogP contribution in [0.3, 0.4) is 0 Å². The molecule has 0 aromatic rings. The van der Waals surface area contributed by atoms with Gasteiger partial charge in [0.25, 0.3) is 0 Å². The first-order chi connectivity index (χ1) is 7.08. The minimum absolute atomic E-state index is 0.0795. The van der Waals surface area contributed by atoms with Crippen molar-refractivity contribution in [1.82, 2.24) is 0 Å². The fourth-order valence-electron chi connectivity index (χ4n) is 0.639. The van der Waals surface area contributed by atoms with Gasteiger partial charge >= 0.3 is 7.82 Å². The standard InChI is InChI=1S/C7H14Cl3O4P/c1-7(6-10)14-15(11,12-4-2-8)13-5-3-9/h7H,2-6H2,1H3. The maximum Gasteiger partial charge on any atom is 0.475 e. The second-order valence-corrected chi connectivity index (χ2v) is 5.25. The molecule has 0 bridgehead atoms. The first kappa shape index (κ1) is 16.0. The van der Waals surface area contributed by atoms with E-state index >= 15 is 0 Å². The van der Waals surface area contributed by atoms with E-state index in [4.69, 9.17) is 48.4 Å². The number of phosphoric ester groups is 1. The fourth-order valence-corrected chi connectivity index (χ4v) is 2.50. The normalized spacial score (nSPS) is 14.1. The Labute approximate surface area is 105 Å². The van der Waals surface area contributed by atoms with Crippen LogP contribution in [0.4, 0.5) is 0 Å². The van der Waals surface area contributed by atoms with Gasteiger partial charge in [-0.3, -0.25) is 13.6 Å². The van der Waals surface area contributed by atoms with E-state index < -0.39 is 13.9 Å². The topological polar surface area (TPSA) is 44.8 Å². The van der Waals surface area contributed by atoms with Crippen LogP contribution in [0.1, 0.15) is 6.92 Å². The molecule has 0 aromatic carbocycles. The van der Waals surface area contributed by atoms with E-state index in [2.05, 4.69) is 0 Å². The molecule has 0 saturated heterocycles. The van der Waals surface area contributed by atoms with E-state index in [1.54, 1.807) is 6.92 Å². The molecule has 15 heavy (non-hydrogen) atoms. The SMILES string of the molecule is CC(CCl)OP(=O)(OCCCl)OCCCl. The Morgan fingerprint density at radius 1 is 1.13 bits per heavy atom. The molecule has 0 radical (unpaired) electrons. The first-order valence-electron chi connectivity index (χ1n) is 4.33. The Morgan fingerprint density at radius 3 is 1.93 bits per heavy atom. The number of hydrogen-bond donors (Lipinski definition) is 0. The van der Waals surface area contributed by atoms with Gasteiger partial charge in [0.15, 0.2) is 0 Å². The molecule has 0 spiro atoms. The van der Waals surface area contributed by atoms with Gasteiger partial charge in [0, 0.05) is 17.6 Å². The van der Waals surface area contributed by atoms with Crippen molar-refractivity contribution in [3.63, 3.8) is 0 Å². The Morgan fingerprint density at radius 2 is 1.60 bits per heavy atom. The minimum atomic E-state index is -3.58. The maximum atomic E-state index is 11.9. The molecule has 8 heteroatoms. The summed E-state index contributed by atoms with van der Waals surface area (Å²) in [5, 5.41) is 0. The minimum Gasteiger partial charge on any atom is -0.286 e. The van der Waals surface area contributed by atoms with Crippen molar-refractivity contribution in [3.05, 3.63) is 0 Å². The van der Waals surface area contributed by atoms with Crippen LogP contribution < -0.4 is 0 Å². The molecule has 0 N–H and O–H groups in total. The number of halogens is 3. The third-order valence-corrected chi connectivity index (χ3v) is 3.54. The smallest absolute Gasteiger partial charge is 0.286 e. The molecular weight excluding hydrogens is 285 g/mol. The predicted molar refractivity (Wildman–Crippen MR) is 62.2 cm³/mol. The zero-order valence-corrected chi connectivity index (χ0v) is 11.5. The van der Waals surface area contributed by atoms with Gasteiger partial charge in [0.1, 0.15) is 0 Å². The molecule has 0 fully saturated rings. The summed E-state index contributed by atoms with van der Waals surface area (Å²) >= 11 is 16.3. The first-order valence-corrected chi connectivity index (χ1v) is 7.39. The Hall–Kier alpha value is 0.980. The Balaban J connectivity index is 4.19. The van der Waals surface area contributed by atoms with Gasteiger partial charge in [-0.15, -0.1) is 34.8 Å². The van der Waals surface area contributed by atoms with Gasteiger partial charge in [-0.05, 0) is 6.92 Å². The Kier molecular flexibility index (Phi) is 9.65. The van der Waals surface area contributed by atoms with Crippen molar-refractivity contribution in [2.24, 2.45) is 0 Å². The van der Waals surface area contributed by atoms with Crippen LogP contribution in [0.2, 0.25) is 0 Å². The van der Waals surface area contributed by atoms with Crippen molar-refractivity contribution in [2.75, 3.05) is 30.9 Å². The number of phosphoric acid groups is 1. The summed E-state index contributed by atoms with van der Waals surface area (Å²) < 4.78 is 26.7. The molecule has 1 unspecified atom stereocenters. The zero-order valence-electron chi connectivity index (χ0n) is 8.33. The van der Waals surface area contributed by atoms with Crippen LogP contribution in [0, 0.1) is 0 Å². The lowest BCUT2D eigenvalue weighted by Crippen LogP contribution is -2.12. The highest BCUT2D eigenvalue weighted by molar-refractivity contribution is 7.48. The van der Waals surface area contributed by atoms with Gasteiger partial charge in [0.2, 0.25) is 0 Å². The summed E-state index contributed by atoms with van der Waals surface area (Å²) in [5.41, 5.74) is 0. The van der Waals surface area contributed by atoms with E-state index in [1.807, 2.05) is 0 Å². The summed E-state index contributed by atoms with van der Waals surface area (Å²) in [6.45, 7) is 1.82. The summed E-state index contributed by atoms with van der Waals surface area (Å²) in [7, 11) is -3.58. The van der Waals surface area contributed by atoms with E-state index in [1.165, 1.54) is 0 Å². The van der Waals surface area contributed by atoms with Crippen LogP contribution in [0.25, 0.3) is 0 Å². The molecule has 0 aliphatic carbocycles. The molecule has 0 rings (SSSR count). The van der Waals surface area contributed by atoms with Crippen LogP contribution >= 0.6 is 42.6 Å². The van der Waals surface area contributed by atoms with Crippen LogP contribution in [0.5, 0.6) is 0 Å². The predicted octanol–water partition coefficient (Wildman–Crippen LogP) is 3.25. The molecule has 92 valence electrons. The highest BCUT2D eigenvalue weighted by Gasteiger charge is 2.28. The van der Waals surface area contributed by atoms with Gasteiger partial charge in [-0.2, -0.15) is 0 Å². The molecule has 0 aliphatic heterocycles. The van der Waals surface area contributed by atoms with Gasteiger partial charge in [-0.1, -0.05) is 0 Å². The second-order valence-electron chi connectivity index (χ2n) is 2.56. The Bertz CT molecular complexity index is 193. The average Bonchev–Trinajstić information content (AvgIpc) is 2.23. The number of rotatable bonds is 9. The van der Waals surface area contributed by atoms with E-state index in [0.29, 0.717) is 0 Å². The van der Waals surface area contributed by atoms with Crippen molar-refractivity contribution in [3.8, 4) is 0 Å². The highest BCUT2D eigenvalue weighted by Crippen LogP contribution is 2.50. The van der Waals surface area contributed by atoms with Gasteiger partial charge in [-0.25, -0.2) is 4.57 Å². The van der Waals surface area contributed by atoms with Gasteiger partial charge < -0.3 is 0 Å². The van der Waals surface area contributed by atoms with E-state index in [0.717, 1.165) is 0 Å². The van der Waals surface area contributed by atoms with Crippen LogP contribution in [-0.4, -0.2) is 37.0 Å². The zero-order chi connectivity index (χ0) is 11.7. The van der Waals surface area contributed by atoms with Crippen molar-refractivity contribution in [2.45, 2.75) is 13.0 Å². The van der Waals surface area contributed by atoms with E-state index in [9.17, 15) is 4.57 Å². The lowest BCUT2D eigenvalue weighted by Gasteiger charge is -2.19. The van der Waals surface area contributed by atoms with Crippen LogP contribution in [0.15, 0.2) is 0 Å². The maximum absolute atomic E-state index is 11.9. The number of alkyl halides is 3. The highest BCUT2D eigenvalue weighted by atomic mass is 35.5. The lowest BCUT2D eigenvalue weighted by molar-refractivity contribution is 0.0996. The van der Waals surface area contributed by atoms with Crippen molar-refractivity contribution < 1.29 is 18.1 Å². The lowest BCUT2D eigenvalue weighted by atomic mass is 10.5. The molecule has 0 amide bonds. The average molecular weight is 300 g/mol. The third kappa shape index (κ3) is 7.81. The summed E-state index contributed by atoms with van der Waals surface area (Å²) in [6, 6.07) is 0. The molecule has 0 saturated carbocycles. The molecular formula is C7H14Cl3O4P. The molecule has 0 aromatic heterocycles. The largest absolute Gasteiger partial charge is 0.475 e. The quantitative estimate of drug-likeness (QED) is 0.484. The van der Waals surface area contributed by atoms with Crippen molar-refractivity contribution >= 4 is 42.6 Å².